The van der Waals surface area contributed by atoms with E-state index in [-0.39, 0.29) is 10.6 Å². The zero-order valence-electron chi connectivity index (χ0n) is 20.1. The summed E-state index contributed by atoms with van der Waals surface area (Å²) in [6, 6.07) is 20.4. The van der Waals surface area contributed by atoms with Crippen molar-refractivity contribution in [3.63, 3.8) is 0 Å². The minimum Gasteiger partial charge on any atom is -0.497 e. The minimum absolute atomic E-state index is 0.0371. The van der Waals surface area contributed by atoms with Gasteiger partial charge in [-0.15, -0.1) is 0 Å². The molecule has 9 heteroatoms. The number of ether oxygens (including phenoxy) is 3. The summed E-state index contributed by atoms with van der Waals surface area (Å²) in [5.41, 5.74) is 1.37. The number of hydrogen-bond donors (Lipinski definition) is 1. The Balaban J connectivity index is 1.74. The van der Waals surface area contributed by atoms with E-state index in [2.05, 4.69) is 5.32 Å². The second-order valence-electron chi connectivity index (χ2n) is 7.66. The summed E-state index contributed by atoms with van der Waals surface area (Å²) in [5, 5.41) is 2.82. The molecule has 3 aromatic carbocycles. The van der Waals surface area contributed by atoms with Gasteiger partial charge >= 0.3 is 0 Å². The lowest BCUT2D eigenvalue weighted by Crippen LogP contribution is -2.41. The van der Waals surface area contributed by atoms with Crippen molar-refractivity contribution in [3.8, 4) is 17.2 Å². The molecule has 0 bridgehead atoms. The molecule has 35 heavy (non-hydrogen) atoms. The molecule has 186 valence electrons. The third kappa shape index (κ3) is 6.66. The highest BCUT2D eigenvalue weighted by Crippen LogP contribution is 2.32. The summed E-state index contributed by atoms with van der Waals surface area (Å²) in [6.07, 6.45) is 1.44. The molecule has 0 aliphatic carbocycles. The predicted octanol–water partition coefficient (Wildman–Crippen LogP) is 3.66. The molecule has 0 radical (unpaired) electrons. The van der Waals surface area contributed by atoms with Gasteiger partial charge in [0, 0.05) is 6.54 Å². The highest BCUT2D eigenvalue weighted by atomic mass is 32.2. The van der Waals surface area contributed by atoms with Gasteiger partial charge in [-0.25, -0.2) is 8.42 Å². The molecule has 0 saturated heterocycles. The maximum absolute atomic E-state index is 13.5. The van der Waals surface area contributed by atoms with Crippen molar-refractivity contribution in [2.75, 3.05) is 38.7 Å². The standard InChI is InChI=1S/C26H30N2O6S/c1-32-21-13-15-23(16-14-21)35(30,31)28(24-11-4-5-12-25(24)34-3)19-26(29)27-17-7-9-20-8-6-10-22(18-20)33-2/h4-6,8,10-16,18H,7,9,17,19H2,1-3H3,(H,27,29). The highest BCUT2D eigenvalue weighted by molar-refractivity contribution is 7.92. The lowest BCUT2D eigenvalue weighted by molar-refractivity contribution is -0.119. The number of amides is 1. The van der Waals surface area contributed by atoms with Gasteiger partial charge in [-0.1, -0.05) is 24.3 Å². The maximum Gasteiger partial charge on any atom is 0.264 e. The minimum atomic E-state index is -4.06. The SMILES string of the molecule is COc1ccc(S(=O)(=O)N(CC(=O)NCCCc2cccc(OC)c2)c2ccccc2OC)cc1. The Labute approximate surface area is 206 Å². The van der Waals surface area contributed by atoms with Gasteiger partial charge < -0.3 is 19.5 Å². The van der Waals surface area contributed by atoms with Gasteiger partial charge in [0.05, 0.1) is 31.9 Å². The van der Waals surface area contributed by atoms with E-state index in [1.165, 1.54) is 26.4 Å². The van der Waals surface area contributed by atoms with E-state index in [1.54, 1.807) is 43.5 Å². The van der Waals surface area contributed by atoms with Crippen molar-refractivity contribution >= 4 is 21.6 Å². The smallest absolute Gasteiger partial charge is 0.264 e. The zero-order chi connectivity index (χ0) is 25.3. The number of aryl methyl sites for hydroxylation is 1. The molecule has 0 spiro atoms. The first-order valence-corrected chi connectivity index (χ1v) is 12.5. The van der Waals surface area contributed by atoms with Gasteiger partial charge in [0.25, 0.3) is 10.0 Å². The van der Waals surface area contributed by atoms with Gasteiger partial charge in [-0.2, -0.15) is 0 Å². The van der Waals surface area contributed by atoms with Gasteiger partial charge in [0.1, 0.15) is 23.8 Å². The van der Waals surface area contributed by atoms with Crippen LogP contribution in [0, 0.1) is 0 Å². The van der Waals surface area contributed by atoms with Crippen LogP contribution in [0.3, 0.4) is 0 Å². The fourth-order valence-corrected chi connectivity index (χ4v) is 4.98. The molecule has 0 heterocycles. The van der Waals surface area contributed by atoms with Crippen molar-refractivity contribution in [1.82, 2.24) is 5.32 Å². The number of nitrogens with one attached hydrogen (secondary N) is 1. The van der Waals surface area contributed by atoms with E-state index in [9.17, 15) is 13.2 Å². The van der Waals surface area contributed by atoms with E-state index in [0.717, 1.165) is 22.0 Å². The number of anilines is 1. The van der Waals surface area contributed by atoms with Crippen molar-refractivity contribution in [1.29, 1.82) is 0 Å². The van der Waals surface area contributed by atoms with Crippen LogP contribution in [0.25, 0.3) is 0 Å². The predicted molar refractivity (Wildman–Crippen MR) is 135 cm³/mol. The number of para-hydroxylation sites is 2. The molecule has 0 fully saturated rings. The topological polar surface area (TPSA) is 94.2 Å². The molecule has 0 unspecified atom stereocenters. The molecule has 3 rings (SSSR count). The molecule has 3 aromatic rings. The van der Waals surface area contributed by atoms with E-state index < -0.39 is 22.5 Å². The molecule has 8 nitrogen and oxygen atoms in total. The van der Waals surface area contributed by atoms with Crippen LogP contribution >= 0.6 is 0 Å². The van der Waals surface area contributed by atoms with Crippen LogP contribution in [-0.4, -0.2) is 48.7 Å². The van der Waals surface area contributed by atoms with Gasteiger partial charge in [0.15, 0.2) is 0 Å². The van der Waals surface area contributed by atoms with Gasteiger partial charge in [-0.3, -0.25) is 9.10 Å². The van der Waals surface area contributed by atoms with E-state index in [1.807, 2.05) is 24.3 Å². The lowest BCUT2D eigenvalue weighted by Gasteiger charge is -2.25. The average Bonchev–Trinajstić information content (AvgIpc) is 2.89. The number of carbonyl (C=O) groups excluding carboxylic acids is 1. The first kappa shape index (κ1) is 25.9. The average molecular weight is 499 g/mol. The Morgan fingerprint density at radius 1 is 0.857 bits per heavy atom. The Kier molecular flexibility index (Phi) is 8.97. The fraction of sp³-hybridized carbons (Fsp3) is 0.269. The molecule has 0 saturated carbocycles. The second-order valence-corrected chi connectivity index (χ2v) is 9.53. The maximum atomic E-state index is 13.5. The monoisotopic (exact) mass is 498 g/mol. The third-order valence-corrected chi connectivity index (χ3v) is 7.16. The quantitative estimate of drug-likeness (QED) is 0.383. The van der Waals surface area contributed by atoms with Crippen LogP contribution in [0.1, 0.15) is 12.0 Å². The second kappa shape index (κ2) is 12.1. The van der Waals surface area contributed by atoms with Crippen LogP contribution in [0.4, 0.5) is 5.69 Å². The summed E-state index contributed by atoms with van der Waals surface area (Å²) in [5.74, 6) is 1.23. The number of rotatable bonds is 12. The molecule has 1 N–H and O–H groups in total. The number of hydrogen-bond acceptors (Lipinski definition) is 6. The molecule has 1 amide bonds. The first-order chi connectivity index (χ1) is 16.9. The summed E-state index contributed by atoms with van der Waals surface area (Å²) in [6.45, 7) is 0.00624. The largest absolute Gasteiger partial charge is 0.497 e. The van der Waals surface area contributed by atoms with E-state index >= 15 is 0 Å². The van der Waals surface area contributed by atoms with Crippen LogP contribution in [0.15, 0.2) is 77.7 Å². The summed E-state index contributed by atoms with van der Waals surface area (Å²) < 4.78 is 43.9. The highest BCUT2D eigenvalue weighted by Gasteiger charge is 2.29. The summed E-state index contributed by atoms with van der Waals surface area (Å²) in [4.78, 5) is 12.9. The van der Waals surface area contributed by atoms with Crippen LogP contribution in [-0.2, 0) is 21.2 Å². The zero-order valence-corrected chi connectivity index (χ0v) is 20.9. The van der Waals surface area contributed by atoms with Gasteiger partial charge in [-0.05, 0) is 66.9 Å². The third-order valence-electron chi connectivity index (χ3n) is 5.39. The molecule has 0 aromatic heterocycles. The molecular formula is C26H30N2O6S. The van der Waals surface area contributed by atoms with Crippen LogP contribution in [0.5, 0.6) is 17.2 Å². The fourth-order valence-electron chi connectivity index (χ4n) is 3.54. The molecular weight excluding hydrogens is 468 g/mol. The van der Waals surface area contributed by atoms with E-state index in [4.69, 9.17) is 14.2 Å². The van der Waals surface area contributed by atoms with Crippen molar-refractivity contribution in [2.24, 2.45) is 0 Å². The van der Waals surface area contributed by atoms with Crippen molar-refractivity contribution in [2.45, 2.75) is 17.7 Å². The Hall–Kier alpha value is -3.72. The Bertz CT molecular complexity index is 1230. The Morgan fingerprint density at radius 3 is 2.26 bits per heavy atom. The summed E-state index contributed by atoms with van der Waals surface area (Å²) >= 11 is 0. The number of carbonyl (C=O) groups is 1. The first-order valence-electron chi connectivity index (χ1n) is 11.1. The number of sulfonamides is 1. The molecule has 0 aliphatic rings. The van der Waals surface area contributed by atoms with E-state index in [0.29, 0.717) is 24.5 Å². The van der Waals surface area contributed by atoms with Crippen LogP contribution < -0.4 is 23.8 Å². The number of benzene rings is 3. The summed E-state index contributed by atoms with van der Waals surface area (Å²) in [7, 11) is 0.510. The molecule has 0 aliphatic heterocycles. The number of nitrogens with zero attached hydrogens (tertiary/aromatic N) is 1. The normalized spacial score (nSPS) is 10.9. The Morgan fingerprint density at radius 2 is 1.57 bits per heavy atom. The number of methoxy groups -OCH3 is 3. The van der Waals surface area contributed by atoms with Crippen molar-refractivity contribution < 1.29 is 27.4 Å². The lowest BCUT2D eigenvalue weighted by atomic mass is 10.1. The van der Waals surface area contributed by atoms with Gasteiger partial charge in [0.2, 0.25) is 5.91 Å². The van der Waals surface area contributed by atoms with Crippen molar-refractivity contribution in [3.05, 3.63) is 78.4 Å². The van der Waals surface area contributed by atoms with Crippen LogP contribution in [0.2, 0.25) is 0 Å². The molecule has 0 atom stereocenters.